The first-order valence-electron chi connectivity index (χ1n) is 5.04. The smallest absolute Gasteiger partial charge is 0.240 e. The standard InChI is InChI=1S/C11H10ClFN2O2/c1-5-4-8(17)14-15-11(5)6-2-3-7(16)9(12)10(6)13/h2-3,5,16H,4H2,1H3,(H,14,17). The van der Waals surface area contributed by atoms with Crippen LogP contribution in [0.25, 0.3) is 0 Å². The number of hydrogen-bond acceptors (Lipinski definition) is 3. The minimum absolute atomic E-state index is 0.195. The number of nitrogens with one attached hydrogen (secondary N) is 1. The number of carbonyl (C=O) groups excluding carboxylic acids is 1. The van der Waals surface area contributed by atoms with Crippen molar-refractivity contribution in [3.8, 4) is 5.75 Å². The maximum atomic E-state index is 13.8. The van der Waals surface area contributed by atoms with Crippen LogP contribution < -0.4 is 5.43 Å². The number of aromatic hydroxyl groups is 1. The summed E-state index contributed by atoms with van der Waals surface area (Å²) in [4.78, 5) is 11.1. The van der Waals surface area contributed by atoms with Gasteiger partial charge in [-0.25, -0.2) is 9.82 Å². The number of halogens is 2. The Morgan fingerprint density at radius 1 is 1.59 bits per heavy atom. The lowest BCUT2D eigenvalue weighted by Gasteiger charge is -2.19. The van der Waals surface area contributed by atoms with Gasteiger partial charge in [0.1, 0.15) is 10.8 Å². The highest BCUT2D eigenvalue weighted by Crippen LogP contribution is 2.30. The third-order valence-electron chi connectivity index (χ3n) is 2.60. The zero-order valence-electron chi connectivity index (χ0n) is 9.00. The molecule has 1 amide bonds. The van der Waals surface area contributed by atoms with Crippen LogP contribution in [0.2, 0.25) is 5.02 Å². The molecule has 17 heavy (non-hydrogen) atoms. The Hall–Kier alpha value is -1.62. The Morgan fingerprint density at radius 3 is 2.94 bits per heavy atom. The lowest BCUT2D eigenvalue weighted by molar-refractivity contribution is -0.121. The first-order valence-corrected chi connectivity index (χ1v) is 5.42. The van der Waals surface area contributed by atoms with Gasteiger partial charge >= 0.3 is 0 Å². The largest absolute Gasteiger partial charge is 0.506 e. The van der Waals surface area contributed by atoms with Crippen molar-refractivity contribution >= 4 is 23.2 Å². The molecule has 2 N–H and O–H groups in total. The predicted octanol–water partition coefficient (Wildman–Crippen LogP) is 2.04. The van der Waals surface area contributed by atoms with Crippen molar-refractivity contribution in [2.45, 2.75) is 13.3 Å². The SMILES string of the molecule is CC1CC(=O)NN=C1c1ccc(O)c(Cl)c1F. The number of rotatable bonds is 1. The van der Waals surface area contributed by atoms with Crippen molar-refractivity contribution < 1.29 is 14.3 Å². The quantitative estimate of drug-likeness (QED) is 0.808. The van der Waals surface area contributed by atoms with E-state index >= 15 is 0 Å². The topological polar surface area (TPSA) is 61.7 Å². The van der Waals surface area contributed by atoms with Crippen molar-refractivity contribution in [1.82, 2.24) is 5.43 Å². The van der Waals surface area contributed by atoms with Gasteiger partial charge in [-0.1, -0.05) is 18.5 Å². The molecular formula is C11H10ClFN2O2. The summed E-state index contributed by atoms with van der Waals surface area (Å²) < 4.78 is 13.8. The average Bonchev–Trinajstić information content (AvgIpc) is 2.28. The average molecular weight is 257 g/mol. The fourth-order valence-corrected chi connectivity index (χ4v) is 1.88. The first kappa shape index (κ1) is 11.9. The molecule has 0 spiro atoms. The monoisotopic (exact) mass is 256 g/mol. The van der Waals surface area contributed by atoms with E-state index in [0.717, 1.165) is 0 Å². The second-order valence-electron chi connectivity index (χ2n) is 3.90. The van der Waals surface area contributed by atoms with Gasteiger partial charge < -0.3 is 5.11 Å². The normalized spacial score (nSPS) is 19.8. The Kier molecular flexibility index (Phi) is 3.02. The summed E-state index contributed by atoms with van der Waals surface area (Å²) in [6, 6.07) is 2.69. The van der Waals surface area contributed by atoms with Crippen LogP contribution in [0.5, 0.6) is 5.75 Å². The van der Waals surface area contributed by atoms with Crippen LogP contribution in [0.15, 0.2) is 17.2 Å². The Morgan fingerprint density at radius 2 is 2.29 bits per heavy atom. The van der Waals surface area contributed by atoms with Crippen molar-refractivity contribution in [3.63, 3.8) is 0 Å². The molecule has 2 rings (SSSR count). The molecule has 90 valence electrons. The summed E-state index contributed by atoms with van der Waals surface area (Å²) in [6.45, 7) is 1.78. The van der Waals surface area contributed by atoms with Gasteiger partial charge in [0, 0.05) is 17.9 Å². The van der Waals surface area contributed by atoms with Crippen molar-refractivity contribution in [2.75, 3.05) is 0 Å². The molecule has 0 radical (unpaired) electrons. The van der Waals surface area contributed by atoms with E-state index in [-0.39, 0.29) is 34.6 Å². The Balaban J connectivity index is 2.48. The molecule has 0 aliphatic carbocycles. The van der Waals surface area contributed by atoms with Crippen molar-refractivity contribution in [3.05, 3.63) is 28.5 Å². The summed E-state index contributed by atoms with van der Waals surface area (Å²) in [6.07, 6.45) is 0.247. The minimum Gasteiger partial charge on any atom is -0.506 e. The maximum absolute atomic E-state index is 13.8. The van der Waals surface area contributed by atoms with Gasteiger partial charge in [-0.2, -0.15) is 5.10 Å². The molecule has 1 heterocycles. The van der Waals surface area contributed by atoms with E-state index in [1.54, 1.807) is 6.92 Å². The van der Waals surface area contributed by atoms with E-state index in [1.807, 2.05) is 0 Å². The highest BCUT2D eigenvalue weighted by molar-refractivity contribution is 6.32. The van der Waals surface area contributed by atoms with E-state index < -0.39 is 5.82 Å². The molecule has 0 fully saturated rings. The third-order valence-corrected chi connectivity index (χ3v) is 2.96. The van der Waals surface area contributed by atoms with E-state index in [9.17, 15) is 14.3 Å². The number of amides is 1. The summed E-state index contributed by atoms with van der Waals surface area (Å²) in [7, 11) is 0. The molecule has 1 aliphatic heterocycles. The van der Waals surface area contributed by atoms with Crippen molar-refractivity contribution in [2.24, 2.45) is 11.0 Å². The second kappa shape index (κ2) is 4.33. The van der Waals surface area contributed by atoms with Crippen LogP contribution in [-0.4, -0.2) is 16.7 Å². The van der Waals surface area contributed by atoms with Crippen molar-refractivity contribution in [1.29, 1.82) is 0 Å². The zero-order valence-corrected chi connectivity index (χ0v) is 9.75. The van der Waals surface area contributed by atoms with Gasteiger partial charge in [-0.05, 0) is 12.1 Å². The molecule has 1 aliphatic rings. The Bertz CT molecular complexity index is 516. The summed E-state index contributed by atoms with van der Waals surface area (Å²) in [5, 5.41) is 12.7. The molecule has 0 bridgehead atoms. The van der Waals surface area contributed by atoms with Gasteiger partial charge in [-0.15, -0.1) is 0 Å². The summed E-state index contributed by atoms with van der Waals surface area (Å²) >= 11 is 5.61. The minimum atomic E-state index is -0.728. The van der Waals surface area contributed by atoms with Crippen LogP contribution in [0.3, 0.4) is 0 Å². The van der Waals surface area contributed by atoms with E-state index in [2.05, 4.69) is 10.5 Å². The van der Waals surface area contributed by atoms with Gasteiger partial charge in [0.25, 0.3) is 0 Å². The molecule has 0 saturated carbocycles. The van der Waals surface area contributed by atoms with Crippen LogP contribution in [0.1, 0.15) is 18.9 Å². The molecule has 0 aromatic heterocycles. The van der Waals surface area contributed by atoms with Crippen LogP contribution in [-0.2, 0) is 4.79 Å². The molecule has 1 atom stereocenters. The highest BCUT2D eigenvalue weighted by atomic mass is 35.5. The van der Waals surface area contributed by atoms with Gasteiger partial charge in [0.2, 0.25) is 5.91 Å². The second-order valence-corrected chi connectivity index (χ2v) is 4.28. The molecule has 4 nitrogen and oxygen atoms in total. The maximum Gasteiger partial charge on any atom is 0.240 e. The number of nitrogens with zero attached hydrogens (tertiary/aromatic N) is 1. The lowest BCUT2D eigenvalue weighted by atomic mass is 9.94. The number of carbonyl (C=O) groups is 1. The van der Waals surface area contributed by atoms with Gasteiger partial charge in [0.15, 0.2) is 5.82 Å². The summed E-state index contributed by atoms with van der Waals surface area (Å²) in [5.41, 5.74) is 2.91. The first-order chi connectivity index (χ1) is 8.00. The fraction of sp³-hybridized carbons (Fsp3) is 0.273. The van der Waals surface area contributed by atoms with E-state index in [4.69, 9.17) is 11.6 Å². The molecule has 0 saturated heterocycles. The number of phenolic OH excluding ortho intramolecular Hbond substituents is 1. The number of phenols is 1. The van der Waals surface area contributed by atoms with Gasteiger partial charge in [0.05, 0.1) is 5.71 Å². The molecule has 1 aromatic carbocycles. The lowest BCUT2D eigenvalue weighted by Crippen LogP contribution is -2.32. The Labute approximate surface area is 102 Å². The number of hydrazone groups is 1. The van der Waals surface area contributed by atoms with Crippen LogP contribution in [0.4, 0.5) is 4.39 Å². The molecule has 1 aromatic rings. The van der Waals surface area contributed by atoms with Crippen LogP contribution >= 0.6 is 11.6 Å². The van der Waals surface area contributed by atoms with E-state index in [0.29, 0.717) is 5.71 Å². The molecule has 6 heteroatoms. The number of benzene rings is 1. The number of hydrogen-bond donors (Lipinski definition) is 2. The highest BCUT2D eigenvalue weighted by Gasteiger charge is 2.25. The zero-order chi connectivity index (χ0) is 12.6. The van der Waals surface area contributed by atoms with Crippen LogP contribution in [0, 0.1) is 11.7 Å². The van der Waals surface area contributed by atoms with Gasteiger partial charge in [-0.3, -0.25) is 4.79 Å². The predicted molar refractivity (Wildman–Crippen MR) is 61.5 cm³/mol. The summed E-state index contributed by atoms with van der Waals surface area (Å²) in [5.74, 6) is -1.44. The molecule has 1 unspecified atom stereocenters. The van der Waals surface area contributed by atoms with E-state index in [1.165, 1.54) is 12.1 Å². The third kappa shape index (κ3) is 2.10. The fourth-order valence-electron chi connectivity index (χ4n) is 1.72. The molecular weight excluding hydrogens is 247 g/mol.